The van der Waals surface area contributed by atoms with Crippen LogP contribution in [-0.2, 0) is 4.79 Å². The van der Waals surface area contributed by atoms with Crippen molar-refractivity contribution in [1.82, 2.24) is 10.1 Å². The van der Waals surface area contributed by atoms with Gasteiger partial charge in [-0.1, -0.05) is 25.1 Å². The van der Waals surface area contributed by atoms with Crippen molar-refractivity contribution >= 4 is 23.4 Å². The van der Waals surface area contributed by atoms with Gasteiger partial charge in [-0.25, -0.2) is 4.79 Å². The molecule has 0 aliphatic heterocycles. The zero-order valence-electron chi connectivity index (χ0n) is 16.1. The number of benzene rings is 1. The molecule has 0 aliphatic rings. The lowest BCUT2D eigenvalue weighted by Crippen LogP contribution is -2.41. The van der Waals surface area contributed by atoms with Gasteiger partial charge < -0.3 is 24.8 Å². The summed E-state index contributed by atoms with van der Waals surface area (Å²) in [5.74, 6) is 1.62. The van der Waals surface area contributed by atoms with Crippen molar-refractivity contribution in [3.8, 4) is 5.75 Å². The number of nitrogens with one attached hydrogen (secondary N) is 2. The van der Waals surface area contributed by atoms with E-state index in [0.717, 1.165) is 6.42 Å². The molecule has 0 aliphatic carbocycles. The highest BCUT2D eigenvalue weighted by atomic mass is 16.5. The maximum Gasteiger partial charge on any atom is 0.322 e. The molecule has 0 radical (unpaired) electrons. The summed E-state index contributed by atoms with van der Waals surface area (Å²) in [5.41, 5.74) is 0.599. The number of amides is 3. The third-order valence-corrected chi connectivity index (χ3v) is 3.81. The minimum atomic E-state index is -0.351. The Morgan fingerprint density at radius 2 is 2.04 bits per heavy atom. The van der Waals surface area contributed by atoms with Gasteiger partial charge in [-0.3, -0.25) is 4.79 Å². The van der Waals surface area contributed by atoms with Gasteiger partial charge in [0.2, 0.25) is 5.91 Å². The highest BCUT2D eigenvalue weighted by Gasteiger charge is 2.19. The highest BCUT2D eigenvalue weighted by Crippen LogP contribution is 2.17. The van der Waals surface area contributed by atoms with Gasteiger partial charge in [0.15, 0.2) is 5.82 Å². The summed E-state index contributed by atoms with van der Waals surface area (Å²) in [4.78, 5) is 26.5. The summed E-state index contributed by atoms with van der Waals surface area (Å²) in [7, 11) is 1.56. The van der Waals surface area contributed by atoms with Crippen molar-refractivity contribution in [2.75, 3.05) is 30.8 Å². The molecule has 8 nitrogen and oxygen atoms in total. The molecule has 1 heterocycles. The van der Waals surface area contributed by atoms with Crippen molar-refractivity contribution in [3.63, 3.8) is 0 Å². The predicted molar refractivity (Wildman–Crippen MR) is 103 cm³/mol. The molecule has 0 fully saturated rings. The van der Waals surface area contributed by atoms with Crippen molar-refractivity contribution in [1.29, 1.82) is 0 Å². The van der Waals surface area contributed by atoms with Crippen LogP contribution < -0.4 is 15.4 Å². The normalized spacial score (nSPS) is 10.6. The number of methoxy groups -OCH3 is 1. The van der Waals surface area contributed by atoms with Crippen LogP contribution in [0.5, 0.6) is 5.75 Å². The number of urea groups is 1. The molecular weight excluding hydrogens is 348 g/mol. The van der Waals surface area contributed by atoms with E-state index < -0.39 is 0 Å². The summed E-state index contributed by atoms with van der Waals surface area (Å²) in [6.45, 7) is 6.24. The molecule has 0 bridgehead atoms. The van der Waals surface area contributed by atoms with Crippen LogP contribution in [0.15, 0.2) is 34.9 Å². The van der Waals surface area contributed by atoms with E-state index in [1.807, 2.05) is 0 Å². The first-order chi connectivity index (χ1) is 12.9. The van der Waals surface area contributed by atoms with E-state index in [0.29, 0.717) is 35.5 Å². The smallest absolute Gasteiger partial charge is 0.322 e. The topological polar surface area (TPSA) is 96.7 Å². The second-order valence-electron chi connectivity index (χ2n) is 6.64. The van der Waals surface area contributed by atoms with E-state index in [2.05, 4.69) is 29.6 Å². The van der Waals surface area contributed by atoms with Crippen LogP contribution in [0.25, 0.3) is 0 Å². The molecule has 0 unspecified atom stereocenters. The van der Waals surface area contributed by atoms with Crippen LogP contribution in [0.1, 0.15) is 26.0 Å². The minimum Gasteiger partial charge on any atom is -0.497 e. The number of hydrogen-bond acceptors (Lipinski definition) is 5. The van der Waals surface area contributed by atoms with Crippen molar-refractivity contribution in [3.05, 3.63) is 36.1 Å². The summed E-state index contributed by atoms with van der Waals surface area (Å²) >= 11 is 0. The molecule has 8 heteroatoms. The molecule has 27 heavy (non-hydrogen) atoms. The molecule has 1 aromatic heterocycles. The van der Waals surface area contributed by atoms with Crippen LogP contribution >= 0.6 is 0 Å². The van der Waals surface area contributed by atoms with Gasteiger partial charge >= 0.3 is 6.03 Å². The van der Waals surface area contributed by atoms with Gasteiger partial charge in [0.05, 0.1) is 7.11 Å². The summed E-state index contributed by atoms with van der Waals surface area (Å²) < 4.78 is 10.1. The standard InChI is InChI=1S/C19H26N4O4/c1-13(2)8-9-23(12-18(24)21-17-10-14(3)27-22-17)19(25)20-15-6-5-7-16(11-15)26-4/h5-7,10-11,13H,8-9,12H2,1-4H3,(H,20,25)(H,21,22,24). The Bertz CT molecular complexity index is 773. The lowest BCUT2D eigenvalue weighted by atomic mass is 10.1. The summed E-state index contributed by atoms with van der Waals surface area (Å²) in [6.07, 6.45) is 0.780. The molecule has 2 aromatic rings. The first-order valence-corrected chi connectivity index (χ1v) is 8.80. The van der Waals surface area contributed by atoms with Gasteiger partial charge in [0.25, 0.3) is 0 Å². The number of aromatic nitrogens is 1. The molecule has 1 aromatic carbocycles. The Hall–Kier alpha value is -3.03. The predicted octanol–water partition coefficient (Wildman–Crippen LogP) is 3.51. The average molecular weight is 374 g/mol. The number of carbonyl (C=O) groups is 2. The largest absolute Gasteiger partial charge is 0.497 e. The van der Waals surface area contributed by atoms with Gasteiger partial charge in [-0.05, 0) is 31.4 Å². The number of hydrogen-bond donors (Lipinski definition) is 2. The first-order valence-electron chi connectivity index (χ1n) is 8.80. The molecule has 2 N–H and O–H groups in total. The van der Waals surface area contributed by atoms with E-state index in [4.69, 9.17) is 9.26 Å². The third kappa shape index (κ3) is 6.65. The Morgan fingerprint density at radius 3 is 2.67 bits per heavy atom. The number of aryl methyl sites for hydroxylation is 1. The number of carbonyl (C=O) groups excluding carboxylic acids is 2. The van der Waals surface area contributed by atoms with Crippen LogP contribution in [0.2, 0.25) is 0 Å². The second-order valence-corrected chi connectivity index (χ2v) is 6.64. The quantitative estimate of drug-likeness (QED) is 0.737. The van der Waals surface area contributed by atoms with Crippen molar-refractivity contribution in [2.24, 2.45) is 5.92 Å². The van der Waals surface area contributed by atoms with Gasteiger partial charge in [0, 0.05) is 24.4 Å². The second kappa shape index (κ2) is 9.61. The minimum absolute atomic E-state index is 0.0889. The molecule has 0 atom stereocenters. The van der Waals surface area contributed by atoms with E-state index >= 15 is 0 Å². The average Bonchev–Trinajstić information content (AvgIpc) is 3.03. The van der Waals surface area contributed by atoms with Crippen molar-refractivity contribution < 1.29 is 18.8 Å². The fraction of sp³-hybridized carbons (Fsp3) is 0.421. The third-order valence-electron chi connectivity index (χ3n) is 3.81. The number of nitrogens with zero attached hydrogens (tertiary/aromatic N) is 2. The maximum absolute atomic E-state index is 12.7. The number of rotatable bonds is 8. The Morgan fingerprint density at radius 1 is 1.26 bits per heavy atom. The fourth-order valence-corrected chi connectivity index (χ4v) is 2.35. The molecule has 146 valence electrons. The van der Waals surface area contributed by atoms with Gasteiger partial charge in [-0.2, -0.15) is 0 Å². The van der Waals surface area contributed by atoms with E-state index in [9.17, 15) is 9.59 Å². The van der Waals surface area contributed by atoms with Crippen LogP contribution in [-0.4, -0.2) is 42.2 Å². The van der Waals surface area contributed by atoms with E-state index in [-0.39, 0.29) is 18.5 Å². The molecule has 0 spiro atoms. The lowest BCUT2D eigenvalue weighted by Gasteiger charge is -2.23. The maximum atomic E-state index is 12.7. The summed E-state index contributed by atoms with van der Waals surface area (Å²) in [6, 6.07) is 8.32. The monoisotopic (exact) mass is 374 g/mol. The zero-order chi connectivity index (χ0) is 19.8. The van der Waals surface area contributed by atoms with E-state index in [1.54, 1.807) is 44.4 Å². The fourth-order valence-electron chi connectivity index (χ4n) is 2.35. The van der Waals surface area contributed by atoms with Gasteiger partial charge in [0.1, 0.15) is 18.1 Å². The highest BCUT2D eigenvalue weighted by molar-refractivity contribution is 5.96. The first kappa shape index (κ1) is 20.3. The van der Waals surface area contributed by atoms with Gasteiger partial charge in [-0.15, -0.1) is 0 Å². The molecule has 2 rings (SSSR count). The number of ether oxygens (including phenoxy) is 1. The van der Waals surface area contributed by atoms with Crippen LogP contribution in [0.3, 0.4) is 0 Å². The van der Waals surface area contributed by atoms with Crippen LogP contribution in [0.4, 0.5) is 16.3 Å². The van der Waals surface area contributed by atoms with E-state index in [1.165, 1.54) is 4.90 Å². The summed E-state index contributed by atoms with van der Waals surface area (Å²) in [5, 5.41) is 9.17. The molecular formula is C19H26N4O4. The Kier molecular flexibility index (Phi) is 7.22. The Balaban J connectivity index is 2.02. The molecule has 0 saturated carbocycles. The lowest BCUT2D eigenvalue weighted by molar-refractivity contribution is -0.116. The SMILES string of the molecule is COc1cccc(NC(=O)N(CCC(C)C)CC(=O)Nc2cc(C)on2)c1. The zero-order valence-corrected chi connectivity index (χ0v) is 16.1. The number of anilines is 2. The Labute approximate surface area is 158 Å². The van der Waals surface area contributed by atoms with Crippen LogP contribution in [0, 0.1) is 12.8 Å². The van der Waals surface area contributed by atoms with Crippen molar-refractivity contribution in [2.45, 2.75) is 27.2 Å². The molecule has 0 saturated heterocycles. The molecule has 3 amide bonds.